The van der Waals surface area contributed by atoms with Crippen LogP contribution in [0.4, 0.5) is 0 Å². The molecule has 2 aromatic rings. The topological polar surface area (TPSA) is 68.3 Å². The van der Waals surface area contributed by atoms with Gasteiger partial charge in [-0.05, 0) is 57.5 Å². The average molecular weight is 443 g/mol. The summed E-state index contributed by atoms with van der Waals surface area (Å²) in [5.74, 6) is 1.31. The first-order valence-corrected chi connectivity index (χ1v) is 11.0. The lowest BCUT2D eigenvalue weighted by atomic mass is 10.1. The second kappa shape index (κ2) is 12.0. The molecule has 0 radical (unpaired) electrons. The second-order valence-electron chi connectivity index (χ2n) is 7.32. The van der Waals surface area contributed by atoms with Crippen LogP contribution in [0.3, 0.4) is 0 Å². The monoisotopic (exact) mass is 442 g/mol. The highest BCUT2D eigenvalue weighted by molar-refractivity contribution is 5.96. The minimum atomic E-state index is -0.133. The second-order valence-corrected chi connectivity index (χ2v) is 7.32. The summed E-state index contributed by atoms with van der Waals surface area (Å²) in [5.41, 5.74) is 2.03. The summed E-state index contributed by atoms with van der Waals surface area (Å²) in [6, 6.07) is 10.7. The molecule has 0 bridgehead atoms. The highest BCUT2D eigenvalue weighted by atomic mass is 16.5. The van der Waals surface area contributed by atoms with E-state index >= 15 is 0 Å². The Morgan fingerprint density at radius 2 is 1.28 bits per heavy atom. The minimum absolute atomic E-state index is 0.0544. The van der Waals surface area contributed by atoms with Crippen molar-refractivity contribution in [3.8, 4) is 17.2 Å². The number of rotatable bonds is 11. The highest BCUT2D eigenvalue weighted by Gasteiger charge is 2.21. The quantitative estimate of drug-likeness (QED) is 0.521. The first-order valence-electron chi connectivity index (χ1n) is 11.0. The number of hydrogen-bond acceptors (Lipinski definition) is 5. The predicted molar refractivity (Wildman–Crippen MR) is 125 cm³/mol. The Bertz CT molecular complexity index is 882. The maximum absolute atomic E-state index is 13.3. The van der Waals surface area contributed by atoms with Crippen molar-refractivity contribution in [3.63, 3.8) is 0 Å². The zero-order chi connectivity index (χ0) is 23.7. The molecule has 0 aliphatic rings. The van der Waals surface area contributed by atoms with Crippen LogP contribution in [0, 0.1) is 0 Å². The van der Waals surface area contributed by atoms with Crippen molar-refractivity contribution < 1.29 is 23.8 Å². The van der Waals surface area contributed by atoms with Crippen LogP contribution in [0.1, 0.15) is 54.0 Å². The summed E-state index contributed by atoms with van der Waals surface area (Å²) in [6.45, 7) is 9.88. The van der Waals surface area contributed by atoms with Crippen molar-refractivity contribution in [2.45, 2.75) is 34.2 Å². The molecule has 0 atom stereocenters. The molecule has 0 unspecified atom stereocenters. The van der Waals surface area contributed by atoms with Crippen molar-refractivity contribution in [3.05, 3.63) is 53.1 Å². The van der Waals surface area contributed by atoms with Crippen molar-refractivity contribution in [2.24, 2.45) is 0 Å². The van der Waals surface area contributed by atoms with Gasteiger partial charge in [-0.1, -0.05) is 12.1 Å². The maximum Gasteiger partial charge on any atom is 0.254 e. The Morgan fingerprint density at radius 1 is 0.750 bits per heavy atom. The number of benzene rings is 2. The zero-order valence-corrected chi connectivity index (χ0v) is 19.9. The fourth-order valence-electron chi connectivity index (χ4n) is 3.25. The lowest BCUT2D eigenvalue weighted by Crippen LogP contribution is -2.30. The van der Waals surface area contributed by atoms with E-state index < -0.39 is 0 Å². The molecule has 0 aromatic heterocycles. The molecule has 2 rings (SSSR count). The lowest BCUT2D eigenvalue weighted by molar-refractivity contribution is 0.0750. The Labute approximate surface area is 190 Å². The fraction of sp³-hybridized carbons (Fsp3) is 0.440. The van der Waals surface area contributed by atoms with E-state index in [0.29, 0.717) is 61.3 Å². The Balaban J connectivity index is 2.31. The number of carbonyl (C=O) groups excluding carboxylic acids is 2. The normalized spacial score (nSPS) is 10.4. The van der Waals surface area contributed by atoms with E-state index in [1.54, 1.807) is 43.3 Å². The number of carbonyl (C=O) groups is 2. The van der Waals surface area contributed by atoms with Gasteiger partial charge < -0.3 is 24.0 Å². The third kappa shape index (κ3) is 6.15. The van der Waals surface area contributed by atoms with Gasteiger partial charge in [0.05, 0.1) is 19.8 Å². The SMILES string of the molecule is CCOc1cc(C(=O)N(CC)Cc2ccc(C(=O)N(C)C)cc2)cc(OCC)c1OCC. The predicted octanol–water partition coefficient (Wildman–Crippen LogP) is 4.25. The number of nitrogens with zero attached hydrogens (tertiary/aromatic N) is 2. The van der Waals surface area contributed by atoms with Crippen LogP contribution >= 0.6 is 0 Å². The lowest BCUT2D eigenvalue weighted by Gasteiger charge is -2.23. The van der Waals surface area contributed by atoms with Gasteiger partial charge >= 0.3 is 0 Å². The van der Waals surface area contributed by atoms with Crippen LogP contribution in [0.2, 0.25) is 0 Å². The summed E-state index contributed by atoms with van der Waals surface area (Å²) >= 11 is 0. The van der Waals surface area contributed by atoms with Crippen molar-refractivity contribution in [1.82, 2.24) is 9.80 Å². The molecule has 7 heteroatoms. The van der Waals surface area contributed by atoms with Gasteiger partial charge in [0.15, 0.2) is 11.5 Å². The number of hydrogen-bond donors (Lipinski definition) is 0. The Hall–Kier alpha value is -3.22. The standard InChI is InChI=1S/C25H34N2O5/c1-7-27(17-18-11-13-19(14-12-18)24(28)26(5)6)25(29)20-15-21(30-8-2)23(32-10-4)22(16-20)31-9-3/h11-16H,7-10,17H2,1-6H3. The highest BCUT2D eigenvalue weighted by Crippen LogP contribution is 2.39. The molecule has 0 aliphatic carbocycles. The average Bonchev–Trinajstić information content (AvgIpc) is 2.79. The van der Waals surface area contributed by atoms with Crippen LogP contribution in [0.25, 0.3) is 0 Å². The summed E-state index contributed by atoms with van der Waals surface area (Å²) < 4.78 is 17.2. The molecule has 0 N–H and O–H groups in total. The van der Waals surface area contributed by atoms with E-state index in [0.717, 1.165) is 5.56 Å². The zero-order valence-electron chi connectivity index (χ0n) is 19.9. The molecule has 2 aromatic carbocycles. The molecule has 0 fully saturated rings. The summed E-state index contributed by atoms with van der Waals surface area (Å²) in [5, 5.41) is 0. The van der Waals surface area contributed by atoms with Crippen LogP contribution in [-0.2, 0) is 6.54 Å². The summed E-state index contributed by atoms with van der Waals surface area (Å²) in [6.07, 6.45) is 0. The van der Waals surface area contributed by atoms with Gasteiger partial charge in [0.2, 0.25) is 5.75 Å². The van der Waals surface area contributed by atoms with Crippen LogP contribution in [-0.4, -0.2) is 62.1 Å². The van der Waals surface area contributed by atoms with E-state index in [4.69, 9.17) is 14.2 Å². The third-order valence-electron chi connectivity index (χ3n) is 4.81. The number of amides is 2. The van der Waals surface area contributed by atoms with Gasteiger partial charge in [0.1, 0.15) is 0 Å². The Kier molecular flexibility index (Phi) is 9.38. The molecule has 0 spiro atoms. The Morgan fingerprint density at radius 3 is 1.72 bits per heavy atom. The minimum Gasteiger partial charge on any atom is -0.490 e. The van der Waals surface area contributed by atoms with Crippen LogP contribution < -0.4 is 14.2 Å². The van der Waals surface area contributed by atoms with Gasteiger partial charge in [0, 0.05) is 38.3 Å². The van der Waals surface area contributed by atoms with E-state index in [9.17, 15) is 9.59 Å². The summed E-state index contributed by atoms with van der Waals surface area (Å²) in [4.78, 5) is 28.7. The molecular weight excluding hydrogens is 408 g/mol. The first-order chi connectivity index (χ1) is 15.4. The smallest absolute Gasteiger partial charge is 0.254 e. The van der Waals surface area contributed by atoms with E-state index in [-0.39, 0.29) is 11.8 Å². The first kappa shape index (κ1) is 25.0. The van der Waals surface area contributed by atoms with E-state index in [1.807, 2.05) is 39.8 Å². The molecule has 32 heavy (non-hydrogen) atoms. The molecular formula is C25H34N2O5. The third-order valence-corrected chi connectivity index (χ3v) is 4.81. The van der Waals surface area contributed by atoms with Crippen molar-refractivity contribution in [2.75, 3.05) is 40.5 Å². The summed E-state index contributed by atoms with van der Waals surface area (Å²) in [7, 11) is 3.44. The van der Waals surface area contributed by atoms with Crippen LogP contribution in [0.15, 0.2) is 36.4 Å². The number of ether oxygens (including phenoxy) is 3. The molecule has 2 amide bonds. The largest absolute Gasteiger partial charge is 0.490 e. The van der Waals surface area contributed by atoms with Gasteiger partial charge in [-0.3, -0.25) is 9.59 Å². The molecule has 0 heterocycles. The molecule has 0 saturated heterocycles. The van der Waals surface area contributed by atoms with Crippen molar-refractivity contribution in [1.29, 1.82) is 0 Å². The fourth-order valence-corrected chi connectivity index (χ4v) is 3.25. The maximum atomic E-state index is 13.3. The molecule has 0 saturated carbocycles. The van der Waals surface area contributed by atoms with E-state index in [1.165, 1.54) is 4.90 Å². The van der Waals surface area contributed by atoms with Gasteiger partial charge in [-0.2, -0.15) is 0 Å². The molecule has 7 nitrogen and oxygen atoms in total. The molecule has 0 aliphatic heterocycles. The van der Waals surface area contributed by atoms with Crippen molar-refractivity contribution >= 4 is 11.8 Å². The molecule has 174 valence electrons. The van der Waals surface area contributed by atoms with E-state index in [2.05, 4.69) is 0 Å². The van der Waals surface area contributed by atoms with Gasteiger partial charge in [-0.15, -0.1) is 0 Å². The van der Waals surface area contributed by atoms with Gasteiger partial charge in [-0.25, -0.2) is 0 Å². The van der Waals surface area contributed by atoms with Crippen LogP contribution in [0.5, 0.6) is 17.2 Å². The van der Waals surface area contributed by atoms with Gasteiger partial charge in [0.25, 0.3) is 11.8 Å².